The zero-order chi connectivity index (χ0) is 14.2. The van der Waals surface area contributed by atoms with E-state index in [1.807, 2.05) is 44.2 Å². The van der Waals surface area contributed by atoms with E-state index in [2.05, 4.69) is 0 Å². The molecule has 2 atom stereocenters. The van der Waals surface area contributed by atoms with Gasteiger partial charge < -0.3 is 14.3 Å². The van der Waals surface area contributed by atoms with E-state index in [0.717, 1.165) is 5.56 Å². The SMILES string of the molecule is CC1(C)OC[C@H]([C@@H]2CC(=O)ON2Cc2ccccc2)O1. The third-order valence-corrected chi connectivity index (χ3v) is 3.61. The molecule has 5 heteroatoms. The van der Waals surface area contributed by atoms with Gasteiger partial charge in [-0.1, -0.05) is 30.3 Å². The molecule has 2 fully saturated rings. The van der Waals surface area contributed by atoms with E-state index < -0.39 is 5.79 Å². The van der Waals surface area contributed by atoms with Crippen LogP contribution >= 0.6 is 0 Å². The Balaban J connectivity index is 1.71. The molecule has 1 aromatic carbocycles. The molecule has 2 aliphatic heterocycles. The van der Waals surface area contributed by atoms with Gasteiger partial charge in [0.15, 0.2) is 5.79 Å². The van der Waals surface area contributed by atoms with Gasteiger partial charge in [-0.05, 0) is 19.4 Å². The molecule has 0 amide bonds. The van der Waals surface area contributed by atoms with Crippen molar-refractivity contribution in [2.75, 3.05) is 6.61 Å². The van der Waals surface area contributed by atoms with Crippen molar-refractivity contribution >= 4 is 5.97 Å². The van der Waals surface area contributed by atoms with Crippen LogP contribution in [0.2, 0.25) is 0 Å². The summed E-state index contributed by atoms with van der Waals surface area (Å²) in [6.45, 7) is 4.81. The van der Waals surface area contributed by atoms with Gasteiger partial charge in [-0.25, -0.2) is 0 Å². The molecule has 2 aliphatic rings. The molecule has 0 aliphatic carbocycles. The molecule has 0 N–H and O–H groups in total. The normalized spacial score (nSPS) is 29.6. The topological polar surface area (TPSA) is 48.0 Å². The van der Waals surface area contributed by atoms with E-state index in [4.69, 9.17) is 14.3 Å². The maximum absolute atomic E-state index is 11.6. The van der Waals surface area contributed by atoms with Crippen molar-refractivity contribution < 1.29 is 19.1 Å². The average Bonchev–Trinajstić information content (AvgIpc) is 2.93. The third kappa shape index (κ3) is 2.85. The molecule has 0 aromatic heterocycles. The van der Waals surface area contributed by atoms with Crippen LogP contribution in [-0.2, 0) is 25.7 Å². The van der Waals surface area contributed by atoms with Gasteiger partial charge in [-0.15, -0.1) is 5.06 Å². The Labute approximate surface area is 118 Å². The minimum absolute atomic E-state index is 0.0931. The van der Waals surface area contributed by atoms with Crippen LogP contribution in [0.25, 0.3) is 0 Å². The number of rotatable bonds is 3. The summed E-state index contributed by atoms with van der Waals surface area (Å²) in [4.78, 5) is 16.9. The molecule has 2 saturated heterocycles. The van der Waals surface area contributed by atoms with Gasteiger partial charge in [0.2, 0.25) is 0 Å². The predicted octanol–water partition coefficient (Wildman–Crippen LogP) is 1.87. The van der Waals surface area contributed by atoms with Gasteiger partial charge in [0.25, 0.3) is 0 Å². The monoisotopic (exact) mass is 277 g/mol. The number of carbonyl (C=O) groups excluding carboxylic acids is 1. The first-order chi connectivity index (χ1) is 9.53. The highest BCUT2D eigenvalue weighted by atomic mass is 16.8. The second-order valence-electron chi connectivity index (χ2n) is 5.66. The van der Waals surface area contributed by atoms with E-state index in [1.54, 1.807) is 5.06 Å². The van der Waals surface area contributed by atoms with Crippen molar-refractivity contribution in [2.24, 2.45) is 0 Å². The summed E-state index contributed by atoms with van der Waals surface area (Å²) in [5.74, 6) is -0.798. The molecule has 108 valence electrons. The number of benzene rings is 1. The Morgan fingerprint density at radius 1 is 1.30 bits per heavy atom. The van der Waals surface area contributed by atoms with Gasteiger partial charge >= 0.3 is 5.97 Å². The van der Waals surface area contributed by atoms with Crippen LogP contribution in [0.15, 0.2) is 30.3 Å². The molecule has 0 spiro atoms. The van der Waals surface area contributed by atoms with E-state index in [9.17, 15) is 4.79 Å². The smallest absolute Gasteiger partial charge is 0.326 e. The van der Waals surface area contributed by atoms with Crippen molar-refractivity contribution in [2.45, 2.75) is 44.7 Å². The lowest BCUT2D eigenvalue weighted by Gasteiger charge is -2.26. The number of hydroxylamine groups is 2. The highest BCUT2D eigenvalue weighted by Gasteiger charge is 2.45. The molecular weight excluding hydrogens is 258 g/mol. The lowest BCUT2D eigenvalue weighted by Crippen LogP contribution is -2.40. The number of nitrogens with zero attached hydrogens (tertiary/aromatic N) is 1. The van der Waals surface area contributed by atoms with Crippen LogP contribution < -0.4 is 0 Å². The zero-order valence-electron chi connectivity index (χ0n) is 11.7. The van der Waals surface area contributed by atoms with Crippen molar-refractivity contribution in [1.29, 1.82) is 0 Å². The van der Waals surface area contributed by atoms with Crippen molar-refractivity contribution in [1.82, 2.24) is 5.06 Å². The lowest BCUT2D eigenvalue weighted by molar-refractivity contribution is -0.191. The fourth-order valence-corrected chi connectivity index (χ4v) is 2.64. The summed E-state index contributed by atoms with van der Waals surface area (Å²) in [7, 11) is 0. The average molecular weight is 277 g/mol. The molecule has 1 aromatic rings. The second-order valence-corrected chi connectivity index (χ2v) is 5.66. The minimum Gasteiger partial charge on any atom is -0.367 e. The van der Waals surface area contributed by atoms with E-state index >= 15 is 0 Å². The first-order valence-electron chi connectivity index (χ1n) is 6.87. The summed E-state index contributed by atoms with van der Waals surface area (Å²) in [6.07, 6.45) is 0.205. The number of ether oxygens (including phenoxy) is 2. The van der Waals surface area contributed by atoms with Crippen LogP contribution in [0.1, 0.15) is 25.8 Å². The van der Waals surface area contributed by atoms with E-state index in [1.165, 1.54) is 0 Å². The standard InChI is InChI=1S/C15H19NO4/c1-15(2)18-10-13(19-15)12-8-14(17)20-16(12)9-11-6-4-3-5-7-11/h3-7,12-13H,8-10H2,1-2H3/t12-,13+/m0/s1. The van der Waals surface area contributed by atoms with Crippen LogP contribution in [0.3, 0.4) is 0 Å². The third-order valence-electron chi connectivity index (χ3n) is 3.61. The molecular formula is C15H19NO4. The Bertz CT molecular complexity index is 488. The van der Waals surface area contributed by atoms with Crippen molar-refractivity contribution in [3.05, 3.63) is 35.9 Å². The Morgan fingerprint density at radius 3 is 2.70 bits per heavy atom. The van der Waals surface area contributed by atoms with Crippen LogP contribution in [-0.4, -0.2) is 35.6 Å². The Kier molecular flexibility index (Phi) is 3.50. The van der Waals surface area contributed by atoms with E-state index in [0.29, 0.717) is 19.6 Å². The summed E-state index contributed by atoms with van der Waals surface area (Å²) >= 11 is 0. The summed E-state index contributed by atoms with van der Waals surface area (Å²) in [6, 6.07) is 9.84. The molecule has 3 rings (SSSR count). The zero-order valence-corrected chi connectivity index (χ0v) is 11.7. The molecule has 0 bridgehead atoms. The first-order valence-corrected chi connectivity index (χ1v) is 6.87. The minimum atomic E-state index is -0.589. The molecule has 0 unspecified atom stereocenters. The van der Waals surface area contributed by atoms with Gasteiger partial charge in [0.1, 0.15) is 6.10 Å². The second kappa shape index (κ2) is 5.16. The maximum Gasteiger partial charge on any atom is 0.326 e. The summed E-state index contributed by atoms with van der Waals surface area (Å²) in [5.41, 5.74) is 1.10. The molecule has 5 nitrogen and oxygen atoms in total. The fraction of sp³-hybridized carbons (Fsp3) is 0.533. The molecule has 2 heterocycles. The maximum atomic E-state index is 11.6. The van der Waals surface area contributed by atoms with Crippen molar-refractivity contribution in [3.8, 4) is 0 Å². The Hall–Kier alpha value is -1.43. The highest BCUT2D eigenvalue weighted by molar-refractivity contribution is 5.71. The molecule has 0 saturated carbocycles. The quantitative estimate of drug-likeness (QED) is 0.844. The predicted molar refractivity (Wildman–Crippen MR) is 71.4 cm³/mol. The van der Waals surface area contributed by atoms with Crippen LogP contribution in [0.5, 0.6) is 0 Å². The number of hydrogen-bond donors (Lipinski definition) is 0. The number of hydrogen-bond acceptors (Lipinski definition) is 5. The van der Waals surface area contributed by atoms with Gasteiger partial charge in [-0.3, -0.25) is 4.79 Å². The summed E-state index contributed by atoms with van der Waals surface area (Å²) < 4.78 is 11.4. The van der Waals surface area contributed by atoms with Gasteiger partial charge in [0, 0.05) is 0 Å². The molecule has 0 radical (unpaired) electrons. The molecule has 20 heavy (non-hydrogen) atoms. The van der Waals surface area contributed by atoms with Crippen molar-refractivity contribution in [3.63, 3.8) is 0 Å². The fourth-order valence-electron chi connectivity index (χ4n) is 2.64. The van der Waals surface area contributed by atoms with Crippen LogP contribution in [0.4, 0.5) is 0 Å². The first kappa shape index (κ1) is 13.5. The summed E-state index contributed by atoms with van der Waals surface area (Å²) in [5, 5.41) is 1.72. The van der Waals surface area contributed by atoms with Gasteiger partial charge in [0.05, 0.1) is 25.6 Å². The largest absolute Gasteiger partial charge is 0.367 e. The van der Waals surface area contributed by atoms with Gasteiger partial charge in [-0.2, -0.15) is 0 Å². The van der Waals surface area contributed by atoms with E-state index in [-0.39, 0.29) is 18.1 Å². The number of carbonyl (C=O) groups is 1. The Morgan fingerprint density at radius 2 is 2.05 bits per heavy atom. The lowest BCUT2D eigenvalue weighted by atomic mass is 10.1. The highest BCUT2D eigenvalue weighted by Crippen LogP contribution is 2.31. The van der Waals surface area contributed by atoms with Crippen LogP contribution in [0, 0.1) is 0 Å².